The summed E-state index contributed by atoms with van der Waals surface area (Å²) in [5, 5.41) is 3.09. The second kappa shape index (κ2) is 13.3. The van der Waals surface area contributed by atoms with Crippen LogP contribution in [0.15, 0.2) is 94.3 Å². The van der Waals surface area contributed by atoms with Crippen molar-refractivity contribution >= 4 is 43.5 Å². The van der Waals surface area contributed by atoms with Crippen molar-refractivity contribution in [2.45, 2.75) is 56.0 Å². The number of sulfonamides is 1. The number of carbonyl (C=O) groups is 2. The summed E-state index contributed by atoms with van der Waals surface area (Å²) in [5.41, 5.74) is 1.39. The van der Waals surface area contributed by atoms with Crippen LogP contribution in [-0.4, -0.2) is 50.3 Å². The molecule has 39 heavy (non-hydrogen) atoms. The zero-order chi connectivity index (χ0) is 27.8. The molecule has 0 heterocycles. The van der Waals surface area contributed by atoms with Crippen molar-refractivity contribution in [1.82, 2.24) is 10.2 Å². The van der Waals surface area contributed by atoms with Gasteiger partial charge in [0.15, 0.2) is 0 Å². The first-order valence-electron chi connectivity index (χ1n) is 13.2. The number of rotatable bonds is 11. The smallest absolute Gasteiger partial charge is 0.264 e. The number of amides is 2. The van der Waals surface area contributed by atoms with Gasteiger partial charge in [0.05, 0.1) is 10.6 Å². The standard InChI is InChI=1S/C30H34BrN3O4S/c1-23(30(36)32-26-12-8-9-13-26)33(21-20-24-10-4-2-5-11-24)29(35)22-34(27-18-16-25(31)17-19-27)39(37,38)28-14-6-3-7-15-28/h2-7,10-11,14-19,23,26H,8-9,12-13,20-22H2,1H3,(H,32,36). The quantitative estimate of drug-likeness (QED) is 0.324. The largest absolute Gasteiger partial charge is 0.352 e. The minimum atomic E-state index is -4.06. The molecule has 1 fully saturated rings. The third kappa shape index (κ3) is 7.48. The molecule has 1 atom stereocenters. The van der Waals surface area contributed by atoms with Crippen LogP contribution >= 0.6 is 15.9 Å². The summed E-state index contributed by atoms with van der Waals surface area (Å²) in [4.78, 5) is 28.7. The zero-order valence-corrected chi connectivity index (χ0v) is 24.4. The van der Waals surface area contributed by atoms with Gasteiger partial charge in [0.25, 0.3) is 10.0 Å². The van der Waals surface area contributed by atoms with Crippen LogP contribution in [0, 0.1) is 0 Å². The molecule has 1 aliphatic carbocycles. The van der Waals surface area contributed by atoms with Gasteiger partial charge in [-0.2, -0.15) is 0 Å². The maximum absolute atomic E-state index is 13.9. The van der Waals surface area contributed by atoms with Gasteiger partial charge in [-0.15, -0.1) is 0 Å². The monoisotopic (exact) mass is 611 g/mol. The third-order valence-corrected chi connectivity index (χ3v) is 9.39. The van der Waals surface area contributed by atoms with E-state index in [-0.39, 0.29) is 23.4 Å². The van der Waals surface area contributed by atoms with Gasteiger partial charge < -0.3 is 10.2 Å². The molecule has 1 aliphatic rings. The lowest BCUT2D eigenvalue weighted by molar-refractivity contribution is -0.139. The van der Waals surface area contributed by atoms with Crippen molar-refractivity contribution in [1.29, 1.82) is 0 Å². The molecule has 0 bridgehead atoms. The fourth-order valence-corrected chi connectivity index (χ4v) is 6.52. The summed E-state index contributed by atoms with van der Waals surface area (Å²) in [6, 6.07) is 23.9. The molecule has 3 aromatic rings. The van der Waals surface area contributed by atoms with E-state index in [2.05, 4.69) is 21.2 Å². The highest BCUT2D eigenvalue weighted by molar-refractivity contribution is 9.10. The van der Waals surface area contributed by atoms with Crippen molar-refractivity contribution in [3.63, 3.8) is 0 Å². The number of anilines is 1. The van der Waals surface area contributed by atoms with E-state index < -0.39 is 28.5 Å². The second-order valence-electron chi connectivity index (χ2n) is 9.79. The summed E-state index contributed by atoms with van der Waals surface area (Å²) >= 11 is 3.39. The summed E-state index contributed by atoms with van der Waals surface area (Å²) in [6.45, 7) is 1.55. The van der Waals surface area contributed by atoms with Gasteiger partial charge in [0.2, 0.25) is 11.8 Å². The predicted molar refractivity (Wildman–Crippen MR) is 157 cm³/mol. The van der Waals surface area contributed by atoms with E-state index in [9.17, 15) is 18.0 Å². The molecule has 9 heteroatoms. The molecule has 0 spiro atoms. The molecule has 7 nitrogen and oxygen atoms in total. The van der Waals surface area contributed by atoms with Gasteiger partial charge in [-0.05, 0) is 68.1 Å². The Bertz CT molecular complexity index is 1350. The van der Waals surface area contributed by atoms with E-state index in [1.54, 1.807) is 49.4 Å². The molecule has 4 rings (SSSR count). The summed E-state index contributed by atoms with van der Waals surface area (Å²) in [6.07, 6.45) is 4.56. The molecule has 1 unspecified atom stereocenters. The molecule has 0 saturated heterocycles. The zero-order valence-electron chi connectivity index (χ0n) is 22.0. The van der Waals surface area contributed by atoms with Gasteiger partial charge in [0.1, 0.15) is 12.6 Å². The van der Waals surface area contributed by atoms with E-state index >= 15 is 0 Å². The Morgan fingerprint density at radius 3 is 2.13 bits per heavy atom. The van der Waals surface area contributed by atoms with Gasteiger partial charge in [-0.3, -0.25) is 13.9 Å². The molecule has 206 valence electrons. The van der Waals surface area contributed by atoms with Crippen LogP contribution in [0.2, 0.25) is 0 Å². The van der Waals surface area contributed by atoms with Crippen molar-refractivity contribution in [2.75, 3.05) is 17.4 Å². The van der Waals surface area contributed by atoms with Crippen molar-refractivity contribution in [3.05, 3.63) is 95.0 Å². The Balaban J connectivity index is 1.62. The number of hydrogen-bond donors (Lipinski definition) is 1. The van der Waals surface area contributed by atoms with Gasteiger partial charge in [-0.1, -0.05) is 77.3 Å². The Morgan fingerprint density at radius 2 is 1.51 bits per heavy atom. The number of carbonyl (C=O) groups excluding carboxylic acids is 2. The summed E-state index contributed by atoms with van der Waals surface area (Å²) < 4.78 is 29.4. The molecule has 1 N–H and O–H groups in total. The SMILES string of the molecule is CC(C(=O)NC1CCCC1)N(CCc1ccccc1)C(=O)CN(c1ccc(Br)cc1)S(=O)(=O)c1ccccc1. The fraction of sp³-hybridized carbons (Fsp3) is 0.333. The van der Waals surface area contributed by atoms with Gasteiger partial charge >= 0.3 is 0 Å². The Labute approximate surface area is 239 Å². The van der Waals surface area contributed by atoms with E-state index in [4.69, 9.17) is 0 Å². The van der Waals surface area contributed by atoms with Crippen LogP contribution in [0.4, 0.5) is 5.69 Å². The second-order valence-corrected chi connectivity index (χ2v) is 12.6. The summed E-state index contributed by atoms with van der Waals surface area (Å²) in [5.74, 6) is -0.660. The van der Waals surface area contributed by atoms with Gasteiger partial charge in [-0.25, -0.2) is 8.42 Å². The van der Waals surface area contributed by atoms with Crippen LogP contribution in [-0.2, 0) is 26.0 Å². The van der Waals surface area contributed by atoms with Crippen molar-refractivity contribution < 1.29 is 18.0 Å². The van der Waals surface area contributed by atoms with E-state index in [0.29, 0.717) is 12.1 Å². The number of halogens is 1. The van der Waals surface area contributed by atoms with Crippen molar-refractivity contribution in [3.8, 4) is 0 Å². The maximum atomic E-state index is 13.9. The molecule has 0 aliphatic heterocycles. The minimum absolute atomic E-state index is 0.0866. The number of nitrogens with zero attached hydrogens (tertiary/aromatic N) is 2. The Morgan fingerprint density at radius 1 is 0.923 bits per heavy atom. The van der Waals surface area contributed by atoms with Crippen LogP contribution < -0.4 is 9.62 Å². The molecule has 0 radical (unpaired) electrons. The van der Waals surface area contributed by atoms with Gasteiger partial charge in [0, 0.05) is 17.1 Å². The van der Waals surface area contributed by atoms with E-state index in [1.165, 1.54) is 17.0 Å². The molecule has 0 aromatic heterocycles. The average Bonchev–Trinajstić information content (AvgIpc) is 3.46. The summed E-state index contributed by atoms with van der Waals surface area (Å²) in [7, 11) is -4.06. The topological polar surface area (TPSA) is 86.8 Å². The maximum Gasteiger partial charge on any atom is 0.264 e. The molecule has 1 saturated carbocycles. The Hall–Kier alpha value is -3.17. The van der Waals surface area contributed by atoms with E-state index in [1.807, 2.05) is 30.3 Å². The molecule has 3 aromatic carbocycles. The molecule has 2 amide bonds. The predicted octanol–water partition coefficient (Wildman–Crippen LogP) is 5.16. The van der Waals surface area contributed by atoms with Crippen LogP contribution in [0.5, 0.6) is 0 Å². The highest BCUT2D eigenvalue weighted by Gasteiger charge is 2.33. The average molecular weight is 613 g/mol. The first-order valence-corrected chi connectivity index (χ1v) is 15.5. The molecular formula is C30H34BrN3O4S. The highest BCUT2D eigenvalue weighted by atomic mass is 79.9. The minimum Gasteiger partial charge on any atom is -0.352 e. The lowest BCUT2D eigenvalue weighted by atomic mass is 10.1. The lowest BCUT2D eigenvalue weighted by Gasteiger charge is -2.32. The molecular weight excluding hydrogens is 578 g/mol. The van der Waals surface area contributed by atoms with Crippen LogP contribution in [0.3, 0.4) is 0 Å². The number of nitrogens with one attached hydrogen (secondary N) is 1. The first kappa shape index (κ1) is 28.8. The normalized spacial score (nSPS) is 14.5. The fourth-order valence-electron chi connectivity index (χ4n) is 4.82. The highest BCUT2D eigenvalue weighted by Crippen LogP contribution is 2.26. The van der Waals surface area contributed by atoms with E-state index in [0.717, 1.165) is 40.0 Å². The van der Waals surface area contributed by atoms with Crippen molar-refractivity contribution in [2.24, 2.45) is 0 Å². The first-order chi connectivity index (χ1) is 18.8. The van der Waals surface area contributed by atoms with Crippen LogP contribution in [0.1, 0.15) is 38.2 Å². The third-order valence-electron chi connectivity index (χ3n) is 7.08. The Kier molecular flexibility index (Phi) is 9.80. The lowest BCUT2D eigenvalue weighted by Crippen LogP contribution is -2.53. The number of benzene rings is 3. The van der Waals surface area contributed by atoms with Crippen LogP contribution in [0.25, 0.3) is 0 Å². The number of hydrogen-bond acceptors (Lipinski definition) is 4.